The van der Waals surface area contributed by atoms with Gasteiger partial charge in [0, 0.05) is 12.1 Å². The standard InChI is InChI=1S/C16H19N3O/c1-3-16(20)18-12-5-6-13(9-12)19-10-17-14-8-11(2)4-7-15(14)19/h3-4,7-8,10,12-13H,1,5-6,9H2,2H3,(H,18,20)/t12-,13+/m0/s1. The van der Waals surface area contributed by atoms with E-state index in [0.29, 0.717) is 6.04 Å². The van der Waals surface area contributed by atoms with Crippen LogP contribution in [0.1, 0.15) is 30.9 Å². The van der Waals surface area contributed by atoms with Crippen LogP contribution >= 0.6 is 0 Å². The van der Waals surface area contributed by atoms with Crippen LogP contribution in [-0.4, -0.2) is 21.5 Å². The van der Waals surface area contributed by atoms with Crippen LogP contribution in [0.25, 0.3) is 11.0 Å². The summed E-state index contributed by atoms with van der Waals surface area (Å²) >= 11 is 0. The molecule has 0 spiro atoms. The van der Waals surface area contributed by atoms with E-state index in [-0.39, 0.29) is 11.9 Å². The van der Waals surface area contributed by atoms with Gasteiger partial charge in [-0.2, -0.15) is 0 Å². The Balaban J connectivity index is 1.79. The largest absolute Gasteiger partial charge is 0.350 e. The number of fused-ring (bicyclic) bond motifs is 1. The average molecular weight is 269 g/mol. The molecule has 1 aromatic heterocycles. The lowest BCUT2D eigenvalue weighted by atomic mass is 10.2. The number of carbonyl (C=O) groups excluding carboxylic acids is 1. The van der Waals surface area contributed by atoms with Crippen LogP contribution in [0.4, 0.5) is 0 Å². The zero-order valence-electron chi connectivity index (χ0n) is 11.7. The molecule has 2 aromatic rings. The molecule has 0 unspecified atom stereocenters. The quantitative estimate of drug-likeness (QED) is 0.871. The molecule has 4 heteroatoms. The fourth-order valence-corrected chi connectivity index (χ4v) is 3.03. The van der Waals surface area contributed by atoms with Crippen LogP contribution in [0.5, 0.6) is 0 Å². The van der Waals surface area contributed by atoms with Crippen molar-refractivity contribution in [1.29, 1.82) is 0 Å². The van der Waals surface area contributed by atoms with Gasteiger partial charge >= 0.3 is 0 Å². The minimum Gasteiger partial charge on any atom is -0.350 e. The molecule has 0 bridgehead atoms. The first-order chi connectivity index (χ1) is 9.67. The molecule has 4 nitrogen and oxygen atoms in total. The molecule has 20 heavy (non-hydrogen) atoms. The van der Waals surface area contributed by atoms with E-state index in [1.54, 1.807) is 0 Å². The van der Waals surface area contributed by atoms with E-state index >= 15 is 0 Å². The average Bonchev–Trinajstić information content (AvgIpc) is 3.04. The Morgan fingerprint density at radius 1 is 1.50 bits per heavy atom. The Bertz CT molecular complexity index is 659. The number of hydrogen-bond donors (Lipinski definition) is 1. The predicted molar refractivity (Wildman–Crippen MR) is 79.5 cm³/mol. The van der Waals surface area contributed by atoms with Crippen LogP contribution in [0.2, 0.25) is 0 Å². The minimum atomic E-state index is -0.0817. The molecule has 1 amide bonds. The maximum atomic E-state index is 11.4. The van der Waals surface area contributed by atoms with Gasteiger partial charge in [-0.05, 0) is 50.0 Å². The van der Waals surface area contributed by atoms with Gasteiger partial charge in [-0.15, -0.1) is 0 Å². The SMILES string of the molecule is C=CC(=O)N[C@H]1CC[C@@H](n2cnc3cc(C)ccc32)C1. The molecule has 1 aromatic carbocycles. The summed E-state index contributed by atoms with van der Waals surface area (Å²) in [5.41, 5.74) is 3.45. The van der Waals surface area contributed by atoms with Gasteiger partial charge in [-0.1, -0.05) is 12.6 Å². The van der Waals surface area contributed by atoms with Gasteiger partial charge in [-0.3, -0.25) is 4.79 Å². The van der Waals surface area contributed by atoms with Crippen LogP contribution in [0.15, 0.2) is 37.2 Å². The molecule has 0 radical (unpaired) electrons. The van der Waals surface area contributed by atoms with Crippen molar-refractivity contribution in [2.75, 3.05) is 0 Å². The van der Waals surface area contributed by atoms with Crippen LogP contribution < -0.4 is 5.32 Å². The third kappa shape index (κ3) is 2.33. The Morgan fingerprint density at radius 3 is 3.15 bits per heavy atom. The monoisotopic (exact) mass is 269 g/mol. The number of rotatable bonds is 3. The number of amides is 1. The van der Waals surface area contributed by atoms with Crippen molar-refractivity contribution in [3.8, 4) is 0 Å². The van der Waals surface area contributed by atoms with Crippen molar-refractivity contribution in [2.24, 2.45) is 0 Å². The molecular formula is C16H19N3O. The molecule has 3 rings (SSSR count). The maximum absolute atomic E-state index is 11.4. The van der Waals surface area contributed by atoms with E-state index in [1.165, 1.54) is 17.2 Å². The molecule has 2 atom stereocenters. The zero-order chi connectivity index (χ0) is 14.1. The van der Waals surface area contributed by atoms with Gasteiger partial charge in [0.05, 0.1) is 17.4 Å². The van der Waals surface area contributed by atoms with E-state index in [0.717, 1.165) is 24.8 Å². The Morgan fingerprint density at radius 2 is 2.35 bits per heavy atom. The van der Waals surface area contributed by atoms with Gasteiger partial charge in [0.25, 0.3) is 0 Å². The smallest absolute Gasteiger partial charge is 0.243 e. The molecule has 1 saturated carbocycles. The lowest BCUT2D eigenvalue weighted by molar-refractivity contribution is -0.117. The molecule has 0 aliphatic heterocycles. The van der Waals surface area contributed by atoms with Crippen molar-refractivity contribution in [3.05, 3.63) is 42.7 Å². The van der Waals surface area contributed by atoms with Crippen molar-refractivity contribution in [3.63, 3.8) is 0 Å². The highest BCUT2D eigenvalue weighted by Crippen LogP contribution is 2.32. The summed E-state index contributed by atoms with van der Waals surface area (Å²) in [7, 11) is 0. The van der Waals surface area contributed by atoms with Gasteiger partial charge in [0.2, 0.25) is 5.91 Å². The molecule has 1 N–H and O–H groups in total. The minimum absolute atomic E-state index is 0.0817. The maximum Gasteiger partial charge on any atom is 0.243 e. The summed E-state index contributed by atoms with van der Waals surface area (Å²) in [6, 6.07) is 7.02. The first-order valence-electron chi connectivity index (χ1n) is 7.03. The first-order valence-corrected chi connectivity index (χ1v) is 7.03. The van der Waals surface area contributed by atoms with Crippen LogP contribution in [0, 0.1) is 6.92 Å². The third-order valence-electron chi connectivity index (χ3n) is 4.06. The highest BCUT2D eigenvalue weighted by atomic mass is 16.1. The molecular weight excluding hydrogens is 250 g/mol. The fraction of sp³-hybridized carbons (Fsp3) is 0.375. The van der Waals surface area contributed by atoms with Crippen molar-refractivity contribution >= 4 is 16.9 Å². The van der Waals surface area contributed by atoms with E-state index in [9.17, 15) is 4.79 Å². The van der Waals surface area contributed by atoms with Gasteiger partial charge in [-0.25, -0.2) is 4.98 Å². The number of carbonyl (C=O) groups is 1. The zero-order valence-corrected chi connectivity index (χ0v) is 11.7. The Hall–Kier alpha value is -2.10. The van der Waals surface area contributed by atoms with Crippen LogP contribution in [-0.2, 0) is 4.79 Å². The lowest BCUT2D eigenvalue weighted by Crippen LogP contribution is -2.31. The number of nitrogens with zero attached hydrogens (tertiary/aromatic N) is 2. The summed E-state index contributed by atoms with van der Waals surface area (Å²) in [6.07, 6.45) is 6.30. The Labute approximate surface area is 118 Å². The Kier molecular flexibility index (Phi) is 3.30. The van der Waals surface area contributed by atoms with E-state index < -0.39 is 0 Å². The highest BCUT2D eigenvalue weighted by Gasteiger charge is 2.27. The number of imidazole rings is 1. The summed E-state index contributed by atoms with van der Waals surface area (Å²) in [4.78, 5) is 15.8. The summed E-state index contributed by atoms with van der Waals surface area (Å²) < 4.78 is 2.24. The molecule has 1 heterocycles. The van der Waals surface area contributed by atoms with E-state index in [4.69, 9.17) is 0 Å². The number of aromatic nitrogens is 2. The second-order valence-corrected chi connectivity index (χ2v) is 5.52. The molecule has 1 aliphatic carbocycles. The van der Waals surface area contributed by atoms with E-state index in [2.05, 4.69) is 46.6 Å². The fourth-order valence-electron chi connectivity index (χ4n) is 3.03. The van der Waals surface area contributed by atoms with Crippen LogP contribution in [0.3, 0.4) is 0 Å². The second-order valence-electron chi connectivity index (χ2n) is 5.52. The van der Waals surface area contributed by atoms with Crippen molar-refractivity contribution in [2.45, 2.75) is 38.3 Å². The summed E-state index contributed by atoms with van der Waals surface area (Å²) in [5, 5.41) is 2.99. The normalized spacial score (nSPS) is 22.1. The van der Waals surface area contributed by atoms with Crippen molar-refractivity contribution in [1.82, 2.24) is 14.9 Å². The number of nitrogens with one attached hydrogen (secondary N) is 1. The number of hydrogen-bond acceptors (Lipinski definition) is 2. The topological polar surface area (TPSA) is 46.9 Å². The summed E-state index contributed by atoms with van der Waals surface area (Å²) in [6.45, 7) is 5.57. The number of benzene rings is 1. The summed E-state index contributed by atoms with van der Waals surface area (Å²) in [5.74, 6) is -0.0817. The van der Waals surface area contributed by atoms with Gasteiger partial charge < -0.3 is 9.88 Å². The highest BCUT2D eigenvalue weighted by molar-refractivity contribution is 5.87. The lowest BCUT2D eigenvalue weighted by Gasteiger charge is -2.14. The number of aryl methyl sites for hydroxylation is 1. The van der Waals surface area contributed by atoms with Crippen molar-refractivity contribution < 1.29 is 4.79 Å². The molecule has 0 saturated heterocycles. The van der Waals surface area contributed by atoms with Gasteiger partial charge in [0.1, 0.15) is 0 Å². The van der Waals surface area contributed by atoms with Gasteiger partial charge in [0.15, 0.2) is 0 Å². The van der Waals surface area contributed by atoms with E-state index in [1.807, 2.05) is 6.33 Å². The first kappa shape index (κ1) is 12.9. The second kappa shape index (κ2) is 5.12. The molecule has 104 valence electrons. The third-order valence-corrected chi connectivity index (χ3v) is 4.06. The predicted octanol–water partition coefficient (Wildman–Crippen LogP) is 2.74. The molecule has 1 aliphatic rings. The molecule has 1 fully saturated rings.